The summed E-state index contributed by atoms with van der Waals surface area (Å²) in [7, 11) is 0. The number of nitrogens with one attached hydrogen (secondary N) is 1. The van der Waals surface area contributed by atoms with E-state index in [4.69, 9.17) is 5.26 Å². The number of carbonyl (C=O) groups is 1. The molecular weight excluding hydrogens is 268 g/mol. The van der Waals surface area contributed by atoms with Gasteiger partial charge in [-0.2, -0.15) is 5.26 Å². The summed E-state index contributed by atoms with van der Waals surface area (Å²) in [6, 6.07) is 3.10. The summed E-state index contributed by atoms with van der Waals surface area (Å²) >= 11 is 0. The van der Waals surface area contributed by atoms with Crippen molar-refractivity contribution in [3.63, 3.8) is 0 Å². The lowest BCUT2D eigenvalue weighted by atomic mass is 10.1. The number of ether oxygens (including phenoxy) is 1. The number of rotatable bonds is 3. The highest BCUT2D eigenvalue weighted by Crippen LogP contribution is 2.30. The first kappa shape index (κ1) is 14.8. The number of alkyl halides is 3. The van der Waals surface area contributed by atoms with Crippen LogP contribution in [0, 0.1) is 24.1 Å². The van der Waals surface area contributed by atoms with E-state index in [1.807, 2.05) is 0 Å². The first-order valence-corrected chi connectivity index (χ1v) is 4.95. The van der Waals surface area contributed by atoms with Crippen molar-refractivity contribution in [1.82, 2.24) is 0 Å². The number of aryl methyl sites for hydroxylation is 1. The van der Waals surface area contributed by atoms with Crippen LogP contribution in [0.2, 0.25) is 0 Å². The zero-order chi connectivity index (χ0) is 14.6. The molecule has 0 saturated heterocycles. The second-order valence-corrected chi connectivity index (χ2v) is 3.53. The zero-order valence-corrected chi connectivity index (χ0v) is 9.64. The Kier molecular flexibility index (Phi) is 4.32. The van der Waals surface area contributed by atoms with Crippen molar-refractivity contribution >= 4 is 11.6 Å². The number of nitrogens with zero attached hydrogens (tertiary/aromatic N) is 1. The van der Waals surface area contributed by atoms with E-state index in [2.05, 4.69) is 10.1 Å². The Balaban J connectivity index is 2.98. The van der Waals surface area contributed by atoms with E-state index in [-0.39, 0.29) is 11.3 Å². The fraction of sp³-hybridized carbons (Fsp3) is 0.273. The van der Waals surface area contributed by atoms with Gasteiger partial charge in [0.15, 0.2) is 11.6 Å². The fourth-order valence-corrected chi connectivity index (χ4v) is 1.26. The van der Waals surface area contributed by atoms with Gasteiger partial charge in [0.1, 0.15) is 6.42 Å². The molecule has 0 radical (unpaired) electrons. The normalized spacial score (nSPS) is 10.7. The lowest BCUT2D eigenvalue weighted by molar-refractivity contribution is -0.275. The van der Waals surface area contributed by atoms with E-state index in [0.717, 1.165) is 6.07 Å². The molecule has 102 valence electrons. The van der Waals surface area contributed by atoms with Crippen LogP contribution in [0.5, 0.6) is 5.75 Å². The van der Waals surface area contributed by atoms with E-state index in [0.29, 0.717) is 6.07 Å². The van der Waals surface area contributed by atoms with Gasteiger partial charge in [0.2, 0.25) is 5.91 Å². The molecule has 1 N–H and O–H groups in total. The third-order valence-corrected chi connectivity index (χ3v) is 2.02. The Bertz CT molecular complexity index is 535. The quantitative estimate of drug-likeness (QED) is 0.863. The number of benzene rings is 1. The van der Waals surface area contributed by atoms with Crippen LogP contribution in [-0.4, -0.2) is 12.3 Å². The van der Waals surface area contributed by atoms with Crippen LogP contribution in [0.3, 0.4) is 0 Å². The van der Waals surface area contributed by atoms with Gasteiger partial charge >= 0.3 is 6.36 Å². The summed E-state index contributed by atoms with van der Waals surface area (Å²) in [6.07, 6.45) is -5.44. The Hall–Kier alpha value is -2.30. The van der Waals surface area contributed by atoms with Gasteiger partial charge in [-0.25, -0.2) is 4.39 Å². The van der Waals surface area contributed by atoms with Crippen molar-refractivity contribution in [3.8, 4) is 11.8 Å². The molecular formula is C11H8F4N2O2. The van der Waals surface area contributed by atoms with Crippen molar-refractivity contribution in [2.24, 2.45) is 0 Å². The summed E-state index contributed by atoms with van der Waals surface area (Å²) < 4.78 is 52.7. The average Bonchev–Trinajstić information content (AvgIpc) is 2.23. The fourth-order valence-electron chi connectivity index (χ4n) is 1.26. The molecule has 0 saturated carbocycles. The molecule has 1 aromatic rings. The summed E-state index contributed by atoms with van der Waals surface area (Å²) in [5, 5.41) is 10.5. The molecule has 19 heavy (non-hydrogen) atoms. The van der Waals surface area contributed by atoms with Crippen LogP contribution in [0.4, 0.5) is 23.2 Å². The lowest BCUT2D eigenvalue weighted by Crippen LogP contribution is -2.18. The molecule has 0 atom stereocenters. The van der Waals surface area contributed by atoms with Crippen LogP contribution in [0.15, 0.2) is 12.1 Å². The van der Waals surface area contributed by atoms with Crippen LogP contribution < -0.4 is 10.1 Å². The van der Waals surface area contributed by atoms with E-state index in [9.17, 15) is 22.4 Å². The Labute approximate surface area is 105 Å². The maximum atomic E-state index is 13.4. The van der Waals surface area contributed by atoms with Gasteiger partial charge in [0.25, 0.3) is 0 Å². The lowest BCUT2D eigenvalue weighted by Gasteiger charge is -2.13. The molecule has 1 rings (SSSR count). The minimum atomic E-state index is -5.00. The molecule has 0 heterocycles. The molecule has 0 aliphatic heterocycles. The molecule has 1 aromatic carbocycles. The highest BCUT2D eigenvalue weighted by Gasteiger charge is 2.32. The van der Waals surface area contributed by atoms with Crippen molar-refractivity contribution in [3.05, 3.63) is 23.5 Å². The molecule has 0 aromatic heterocycles. The van der Waals surface area contributed by atoms with Crippen LogP contribution in [0.1, 0.15) is 12.0 Å². The van der Waals surface area contributed by atoms with Gasteiger partial charge in [0.05, 0.1) is 6.07 Å². The smallest absolute Gasteiger partial charge is 0.403 e. The molecule has 0 aliphatic rings. The molecule has 0 aliphatic carbocycles. The molecule has 4 nitrogen and oxygen atoms in total. The van der Waals surface area contributed by atoms with Gasteiger partial charge in [-0.1, -0.05) is 0 Å². The maximum Gasteiger partial charge on any atom is 0.573 e. The highest BCUT2D eigenvalue weighted by molar-refractivity contribution is 5.92. The standard InChI is InChI=1S/C11H8F4N2O2/c1-6-4-9(19-11(13,14)15)7(12)5-8(6)17-10(18)2-3-16/h4-5H,2H2,1H3,(H,17,18). The molecule has 0 bridgehead atoms. The monoisotopic (exact) mass is 276 g/mol. The summed E-state index contributed by atoms with van der Waals surface area (Å²) in [4.78, 5) is 11.1. The predicted octanol–water partition coefficient (Wildman–Crippen LogP) is 2.88. The minimum Gasteiger partial charge on any atom is -0.403 e. The van der Waals surface area contributed by atoms with Crippen LogP contribution in [-0.2, 0) is 4.79 Å². The van der Waals surface area contributed by atoms with Crippen molar-refractivity contribution < 1.29 is 27.1 Å². The minimum absolute atomic E-state index is 0.0210. The van der Waals surface area contributed by atoms with Gasteiger partial charge < -0.3 is 10.1 Å². The van der Waals surface area contributed by atoms with Crippen LogP contribution in [0.25, 0.3) is 0 Å². The largest absolute Gasteiger partial charge is 0.573 e. The van der Waals surface area contributed by atoms with E-state index >= 15 is 0 Å². The number of hydrogen-bond acceptors (Lipinski definition) is 3. The molecule has 0 spiro atoms. The second kappa shape index (κ2) is 5.56. The van der Waals surface area contributed by atoms with Gasteiger partial charge in [-0.3, -0.25) is 4.79 Å². The van der Waals surface area contributed by atoms with E-state index in [1.165, 1.54) is 6.92 Å². The first-order valence-electron chi connectivity index (χ1n) is 4.95. The average molecular weight is 276 g/mol. The van der Waals surface area contributed by atoms with Gasteiger partial charge in [-0.15, -0.1) is 13.2 Å². The predicted molar refractivity (Wildman–Crippen MR) is 56.7 cm³/mol. The third kappa shape index (κ3) is 4.46. The molecule has 0 fully saturated rings. The number of halogens is 4. The summed E-state index contributed by atoms with van der Waals surface area (Å²) in [6.45, 7) is 1.37. The number of nitriles is 1. The number of anilines is 1. The van der Waals surface area contributed by atoms with Crippen LogP contribution >= 0.6 is 0 Å². The number of hydrogen-bond donors (Lipinski definition) is 1. The number of carbonyl (C=O) groups excluding carboxylic acids is 1. The van der Waals surface area contributed by atoms with Crippen molar-refractivity contribution in [2.75, 3.05) is 5.32 Å². The topological polar surface area (TPSA) is 62.1 Å². The maximum absolute atomic E-state index is 13.4. The van der Waals surface area contributed by atoms with Gasteiger partial charge in [-0.05, 0) is 18.6 Å². The third-order valence-electron chi connectivity index (χ3n) is 2.02. The zero-order valence-electron chi connectivity index (χ0n) is 9.64. The number of amides is 1. The van der Waals surface area contributed by atoms with E-state index in [1.54, 1.807) is 6.07 Å². The Morgan fingerprint density at radius 2 is 2.11 bits per heavy atom. The Morgan fingerprint density at radius 1 is 1.47 bits per heavy atom. The molecule has 0 unspecified atom stereocenters. The highest BCUT2D eigenvalue weighted by atomic mass is 19.4. The molecule has 8 heteroatoms. The van der Waals surface area contributed by atoms with Crippen molar-refractivity contribution in [2.45, 2.75) is 19.7 Å². The Morgan fingerprint density at radius 3 is 2.63 bits per heavy atom. The summed E-state index contributed by atoms with van der Waals surface area (Å²) in [5.41, 5.74) is 0.152. The van der Waals surface area contributed by atoms with E-state index < -0.39 is 30.3 Å². The van der Waals surface area contributed by atoms with Gasteiger partial charge in [0, 0.05) is 11.8 Å². The summed E-state index contributed by atoms with van der Waals surface area (Å²) in [5.74, 6) is -2.94. The molecule has 1 amide bonds. The second-order valence-electron chi connectivity index (χ2n) is 3.53. The SMILES string of the molecule is Cc1cc(OC(F)(F)F)c(F)cc1NC(=O)CC#N. The van der Waals surface area contributed by atoms with Crippen molar-refractivity contribution in [1.29, 1.82) is 5.26 Å². The first-order chi connectivity index (χ1) is 8.73.